The standard InChI is InChI=1S/C15H26N2OS/c1-5-15(6-2,18-4)14-17-12-10-8-9-11(16-7-3)13(12)19-14/h11,16H,5-10H2,1-4H3. The van der Waals surface area contributed by atoms with E-state index < -0.39 is 0 Å². The summed E-state index contributed by atoms with van der Waals surface area (Å²) >= 11 is 1.87. The average molecular weight is 282 g/mol. The predicted molar refractivity (Wildman–Crippen MR) is 80.7 cm³/mol. The van der Waals surface area contributed by atoms with Gasteiger partial charge in [0.25, 0.3) is 0 Å². The van der Waals surface area contributed by atoms with E-state index in [0.29, 0.717) is 6.04 Å². The molecular weight excluding hydrogens is 256 g/mol. The Bertz CT molecular complexity index is 404. The molecule has 0 saturated carbocycles. The second-order valence-electron chi connectivity index (χ2n) is 5.24. The monoisotopic (exact) mass is 282 g/mol. The highest BCUT2D eigenvalue weighted by molar-refractivity contribution is 7.12. The Hall–Kier alpha value is -0.450. The molecule has 0 aromatic carbocycles. The zero-order valence-electron chi connectivity index (χ0n) is 12.6. The summed E-state index contributed by atoms with van der Waals surface area (Å²) in [6.07, 6.45) is 5.57. The molecule has 0 fully saturated rings. The number of rotatable bonds is 6. The smallest absolute Gasteiger partial charge is 0.125 e. The lowest BCUT2D eigenvalue weighted by molar-refractivity contribution is -0.0219. The first-order valence-electron chi connectivity index (χ1n) is 7.49. The third kappa shape index (κ3) is 2.71. The number of fused-ring (bicyclic) bond motifs is 1. The third-order valence-electron chi connectivity index (χ3n) is 4.32. The zero-order valence-corrected chi connectivity index (χ0v) is 13.4. The van der Waals surface area contributed by atoms with Crippen molar-refractivity contribution in [1.29, 1.82) is 0 Å². The van der Waals surface area contributed by atoms with Gasteiger partial charge in [-0.15, -0.1) is 11.3 Å². The van der Waals surface area contributed by atoms with Crippen molar-refractivity contribution in [3.05, 3.63) is 15.6 Å². The largest absolute Gasteiger partial charge is 0.371 e. The van der Waals surface area contributed by atoms with E-state index >= 15 is 0 Å². The number of hydrogen-bond acceptors (Lipinski definition) is 4. The summed E-state index contributed by atoms with van der Waals surface area (Å²) in [6, 6.07) is 0.503. The molecule has 2 rings (SSSR count). The van der Waals surface area contributed by atoms with Gasteiger partial charge < -0.3 is 10.1 Å². The minimum Gasteiger partial charge on any atom is -0.371 e. The number of aromatic nitrogens is 1. The molecule has 1 unspecified atom stereocenters. The van der Waals surface area contributed by atoms with E-state index in [2.05, 4.69) is 26.1 Å². The fourth-order valence-corrected chi connectivity index (χ4v) is 4.52. The SMILES string of the molecule is CCNC1CCCc2nc(C(CC)(CC)OC)sc21. The minimum atomic E-state index is -0.182. The predicted octanol–water partition coefficient (Wildman–Crippen LogP) is 3.79. The Morgan fingerprint density at radius 2 is 2.11 bits per heavy atom. The van der Waals surface area contributed by atoms with Crippen LogP contribution in [-0.2, 0) is 16.8 Å². The van der Waals surface area contributed by atoms with Crippen LogP contribution in [0.4, 0.5) is 0 Å². The normalized spacial score (nSPS) is 19.5. The Morgan fingerprint density at radius 1 is 1.37 bits per heavy atom. The van der Waals surface area contributed by atoms with E-state index in [1.807, 2.05) is 18.4 Å². The highest BCUT2D eigenvalue weighted by atomic mass is 32.1. The van der Waals surface area contributed by atoms with Crippen LogP contribution in [0.2, 0.25) is 0 Å². The molecule has 1 atom stereocenters. The van der Waals surface area contributed by atoms with Gasteiger partial charge in [-0.05, 0) is 38.6 Å². The molecule has 1 aromatic rings. The quantitative estimate of drug-likeness (QED) is 0.862. The molecule has 0 amide bonds. The first-order valence-corrected chi connectivity index (χ1v) is 8.31. The van der Waals surface area contributed by atoms with Crippen LogP contribution in [0.3, 0.4) is 0 Å². The number of nitrogens with zero attached hydrogens (tertiary/aromatic N) is 1. The molecule has 0 radical (unpaired) electrons. The second kappa shape index (κ2) is 6.33. The molecule has 1 N–H and O–H groups in total. The van der Waals surface area contributed by atoms with Crippen molar-refractivity contribution in [3.63, 3.8) is 0 Å². The first-order chi connectivity index (χ1) is 9.20. The minimum absolute atomic E-state index is 0.182. The van der Waals surface area contributed by atoms with Crippen molar-refractivity contribution in [1.82, 2.24) is 10.3 Å². The van der Waals surface area contributed by atoms with Gasteiger partial charge in [0, 0.05) is 18.0 Å². The molecule has 0 bridgehead atoms. The van der Waals surface area contributed by atoms with Crippen LogP contribution in [0.15, 0.2) is 0 Å². The van der Waals surface area contributed by atoms with E-state index in [0.717, 1.165) is 25.8 Å². The Kier molecular flexibility index (Phi) is 4.98. The number of ether oxygens (including phenoxy) is 1. The molecule has 1 aromatic heterocycles. The van der Waals surface area contributed by atoms with E-state index in [9.17, 15) is 0 Å². The molecule has 108 valence electrons. The van der Waals surface area contributed by atoms with Crippen LogP contribution < -0.4 is 5.32 Å². The lowest BCUT2D eigenvalue weighted by Crippen LogP contribution is -2.26. The average Bonchev–Trinajstić information content (AvgIpc) is 2.87. The summed E-state index contributed by atoms with van der Waals surface area (Å²) in [4.78, 5) is 6.37. The van der Waals surface area contributed by atoms with Gasteiger partial charge in [0.1, 0.15) is 10.6 Å². The summed E-state index contributed by atoms with van der Waals surface area (Å²) in [5.74, 6) is 0. The maximum atomic E-state index is 5.82. The van der Waals surface area contributed by atoms with E-state index in [1.165, 1.54) is 28.4 Å². The lowest BCUT2D eigenvalue weighted by atomic mass is 9.96. The van der Waals surface area contributed by atoms with Crippen LogP contribution in [0.25, 0.3) is 0 Å². The van der Waals surface area contributed by atoms with E-state index in [1.54, 1.807) is 0 Å². The maximum absolute atomic E-state index is 5.82. The molecule has 3 nitrogen and oxygen atoms in total. The van der Waals surface area contributed by atoms with Gasteiger partial charge in [-0.1, -0.05) is 20.8 Å². The van der Waals surface area contributed by atoms with Crippen molar-refractivity contribution < 1.29 is 4.74 Å². The van der Waals surface area contributed by atoms with Gasteiger partial charge in [-0.25, -0.2) is 4.98 Å². The van der Waals surface area contributed by atoms with E-state index in [-0.39, 0.29) is 5.60 Å². The van der Waals surface area contributed by atoms with Crippen molar-refractivity contribution >= 4 is 11.3 Å². The van der Waals surface area contributed by atoms with Crippen molar-refractivity contribution in [2.75, 3.05) is 13.7 Å². The molecule has 1 heterocycles. The summed E-state index contributed by atoms with van der Waals surface area (Å²) in [6.45, 7) is 7.58. The van der Waals surface area contributed by atoms with Gasteiger partial charge in [-0.3, -0.25) is 0 Å². The highest BCUT2D eigenvalue weighted by Crippen LogP contribution is 2.41. The summed E-state index contributed by atoms with van der Waals surface area (Å²) in [5.41, 5.74) is 1.12. The van der Waals surface area contributed by atoms with Crippen molar-refractivity contribution in [2.45, 2.75) is 64.5 Å². The fraction of sp³-hybridized carbons (Fsp3) is 0.800. The Balaban J connectivity index is 2.35. The number of nitrogens with one attached hydrogen (secondary N) is 1. The summed E-state index contributed by atoms with van der Waals surface area (Å²) in [5, 5.41) is 4.76. The lowest BCUT2D eigenvalue weighted by Gasteiger charge is -2.27. The van der Waals surface area contributed by atoms with Crippen LogP contribution in [-0.4, -0.2) is 18.6 Å². The van der Waals surface area contributed by atoms with Crippen molar-refractivity contribution in [3.8, 4) is 0 Å². The third-order valence-corrected chi connectivity index (χ3v) is 5.72. The van der Waals surface area contributed by atoms with Gasteiger partial charge in [0.15, 0.2) is 0 Å². The zero-order chi connectivity index (χ0) is 13.9. The van der Waals surface area contributed by atoms with Gasteiger partial charge in [-0.2, -0.15) is 0 Å². The van der Waals surface area contributed by atoms with Crippen LogP contribution in [0.5, 0.6) is 0 Å². The van der Waals surface area contributed by atoms with Gasteiger partial charge >= 0.3 is 0 Å². The second-order valence-corrected chi connectivity index (χ2v) is 6.27. The molecule has 1 aliphatic carbocycles. The fourth-order valence-electron chi connectivity index (χ4n) is 2.98. The van der Waals surface area contributed by atoms with Crippen molar-refractivity contribution in [2.24, 2.45) is 0 Å². The number of hydrogen-bond donors (Lipinski definition) is 1. The highest BCUT2D eigenvalue weighted by Gasteiger charge is 2.34. The summed E-state index contributed by atoms with van der Waals surface area (Å²) < 4.78 is 5.82. The molecular formula is C15H26N2OS. The molecule has 19 heavy (non-hydrogen) atoms. The number of methoxy groups -OCH3 is 1. The summed E-state index contributed by atoms with van der Waals surface area (Å²) in [7, 11) is 1.81. The first kappa shape index (κ1) is 14.9. The molecule has 0 saturated heterocycles. The number of thiazole rings is 1. The van der Waals surface area contributed by atoms with Gasteiger partial charge in [0.2, 0.25) is 0 Å². The van der Waals surface area contributed by atoms with Crippen LogP contribution in [0.1, 0.15) is 68.1 Å². The van der Waals surface area contributed by atoms with Gasteiger partial charge in [0.05, 0.1) is 5.69 Å². The van der Waals surface area contributed by atoms with Crippen LogP contribution in [0, 0.1) is 0 Å². The number of aryl methyl sites for hydroxylation is 1. The Morgan fingerprint density at radius 3 is 2.68 bits per heavy atom. The topological polar surface area (TPSA) is 34.2 Å². The van der Waals surface area contributed by atoms with Crippen LogP contribution >= 0.6 is 11.3 Å². The molecule has 0 aliphatic heterocycles. The molecule has 1 aliphatic rings. The van der Waals surface area contributed by atoms with E-state index in [4.69, 9.17) is 9.72 Å². The Labute approximate surface area is 120 Å². The molecule has 4 heteroatoms. The molecule has 0 spiro atoms. The maximum Gasteiger partial charge on any atom is 0.125 e.